The predicted octanol–water partition coefficient (Wildman–Crippen LogP) is 3.89. The van der Waals surface area contributed by atoms with E-state index in [1.165, 1.54) is 11.3 Å². The van der Waals surface area contributed by atoms with Crippen molar-refractivity contribution in [1.29, 1.82) is 0 Å². The van der Waals surface area contributed by atoms with Crippen LogP contribution in [0.15, 0.2) is 47.1 Å². The number of hydrogen-bond acceptors (Lipinski definition) is 4. The Kier molecular flexibility index (Phi) is 3.42. The van der Waals surface area contributed by atoms with Crippen molar-refractivity contribution in [1.82, 2.24) is 4.98 Å². The minimum absolute atomic E-state index is 0.215. The second-order valence-electron chi connectivity index (χ2n) is 4.17. The van der Waals surface area contributed by atoms with Gasteiger partial charge in [-0.2, -0.15) is 0 Å². The Morgan fingerprint density at radius 1 is 1.30 bits per heavy atom. The molecule has 0 aliphatic carbocycles. The minimum Gasteiger partial charge on any atom is -0.397 e. The van der Waals surface area contributed by atoms with E-state index >= 15 is 0 Å². The lowest BCUT2D eigenvalue weighted by atomic mass is 10.2. The van der Waals surface area contributed by atoms with Crippen LogP contribution < -0.4 is 11.1 Å². The fourth-order valence-electron chi connectivity index (χ4n) is 1.85. The maximum Gasteiger partial charge on any atom is 0.267 e. The number of halogens is 1. The van der Waals surface area contributed by atoms with Crippen LogP contribution in [0.25, 0.3) is 10.2 Å². The lowest BCUT2D eigenvalue weighted by Gasteiger charge is -2.03. The Morgan fingerprint density at radius 3 is 2.80 bits per heavy atom. The number of thiophene rings is 1. The summed E-state index contributed by atoms with van der Waals surface area (Å²) in [6.45, 7) is 0. The fraction of sp³-hybridized carbons (Fsp3) is 0. The van der Waals surface area contributed by atoms with E-state index in [4.69, 9.17) is 5.73 Å². The SMILES string of the molecule is Nc1c(C(=O)Nc2ccccc2)sc2ncc(Br)cc12. The van der Waals surface area contributed by atoms with Crippen LogP contribution in [-0.2, 0) is 0 Å². The van der Waals surface area contributed by atoms with E-state index in [0.29, 0.717) is 10.6 Å². The Hall–Kier alpha value is -1.92. The van der Waals surface area contributed by atoms with Crippen molar-refractivity contribution < 1.29 is 4.79 Å². The summed E-state index contributed by atoms with van der Waals surface area (Å²) >= 11 is 4.64. The molecule has 3 N–H and O–H groups in total. The lowest BCUT2D eigenvalue weighted by Crippen LogP contribution is -2.11. The minimum atomic E-state index is -0.215. The first kappa shape index (κ1) is 13.1. The van der Waals surface area contributed by atoms with Crippen molar-refractivity contribution in [2.75, 3.05) is 11.1 Å². The van der Waals surface area contributed by atoms with Gasteiger partial charge < -0.3 is 11.1 Å². The summed E-state index contributed by atoms with van der Waals surface area (Å²) in [5.41, 5.74) is 7.26. The van der Waals surface area contributed by atoms with Gasteiger partial charge in [0.1, 0.15) is 9.71 Å². The molecule has 0 bridgehead atoms. The van der Waals surface area contributed by atoms with E-state index in [9.17, 15) is 4.79 Å². The molecule has 1 amide bonds. The number of nitrogens with one attached hydrogen (secondary N) is 1. The number of para-hydroxylation sites is 1. The largest absolute Gasteiger partial charge is 0.397 e. The topological polar surface area (TPSA) is 68.0 Å². The second kappa shape index (κ2) is 5.22. The van der Waals surface area contributed by atoms with E-state index in [1.54, 1.807) is 6.20 Å². The third kappa shape index (κ3) is 2.39. The van der Waals surface area contributed by atoms with Gasteiger partial charge in [0.25, 0.3) is 5.91 Å². The van der Waals surface area contributed by atoms with E-state index in [1.807, 2.05) is 36.4 Å². The fourth-order valence-corrected chi connectivity index (χ4v) is 3.13. The number of nitrogens with zero attached hydrogens (tertiary/aromatic N) is 1. The molecule has 3 rings (SSSR count). The maximum absolute atomic E-state index is 12.3. The summed E-state index contributed by atoms with van der Waals surface area (Å²) in [7, 11) is 0. The van der Waals surface area contributed by atoms with Crippen LogP contribution in [0, 0.1) is 0 Å². The highest BCUT2D eigenvalue weighted by Gasteiger charge is 2.17. The molecule has 0 spiro atoms. The highest BCUT2D eigenvalue weighted by Crippen LogP contribution is 2.34. The Balaban J connectivity index is 1.98. The van der Waals surface area contributed by atoms with Crippen LogP contribution in [0.4, 0.5) is 11.4 Å². The average Bonchev–Trinajstić information content (AvgIpc) is 2.77. The summed E-state index contributed by atoms with van der Waals surface area (Å²) in [6.07, 6.45) is 1.69. The Bertz CT molecular complexity index is 786. The maximum atomic E-state index is 12.3. The van der Waals surface area contributed by atoms with Crippen LogP contribution in [0.1, 0.15) is 9.67 Å². The number of carbonyl (C=O) groups excluding carboxylic acids is 1. The molecule has 2 heterocycles. The van der Waals surface area contributed by atoms with Crippen molar-refractivity contribution in [2.45, 2.75) is 0 Å². The van der Waals surface area contributed by atoms with Crippen LogP contribution in [-0.4, -0.2) is 10.9 Å². The summed E-state index contributed by atoms with van der Waals surface area (Å²) in [6, 6.07) is 11.1. The molecule has 100 valence electrons. The van der Waals surface area contributed by atoms with Gasteiger partial charge in [0.15, 0.2) is 0 Å². The molecule has 4 nitrogen and oxygen atoms in total. The second-order valence-corrected chi connectivity index (χ2v) is 6.09. The third-order valence-electron chi connectivity index (χ3n) is 2.79. The number of carbonyl (C=O) groups is 1. The first-order valence-corrected chi connectivity index (χ1v) is 7.46. The highest BCUT2D eigenvalue weighted by atomic mass is 79.9. The zero-order valence-electron chi connectivity index (χ0n) is 10.3. The summed E-state index contributed by atoms with van der Waals surface area (Å²) in [4.78, 5) is 17.8. The molecule has 0 aliphatic rings. The quantitative estimate of drug-likeness (QED) is 0.738. The van der Waals surface area contributed by atoms with Gasteiger partial charge >= 0.3 is 0 Å². The highest BCUT2D eigenvalue weighted by molar-refractivity contribution is 9.10. The number of pyridine rings is 1. The average molecular weight is 348 g/mol. The molecule has 0 unspecified atom stereocenters. The van der Waals surface area contributed by atoms with Crippen molar-refractivity contribution >= 4 is 54.8 Å². The van der Waals surface area contributed by atoms with Gasteiger partial charge in [0.2, 0.25) is 0 Å². The van der Waals surface area contributed by atoms with Gasteiger partial charge in [0, 0.05) is 21.7 Å². The Labute approximate surface area is 127 Å². The normalized spacial score (nSPS) is 10.7. The molecule has 0 saturated heterocycles. The summed E-state index contributed by atoms with van der Waals surface area (Å²) in [5, 5.41) is 3.62. The molecule has 20 heavy (non-hydrogen) atoms. The van der Waals surface area contributed by atoms with Crippen LogP contribution in [0.3, 0.4) is 0 Å². The molecule has 3 aromatic rings. The molecule has 2 aromatic heterocycles. The summed E-state index contributed by atoms with van der Waals surface area (Å²) < 4.78 is 0.838. The van der Waals surface area contributed by atoms with Gasteiger partial charge in [-0.05, 0) is 34.1 Å². The van der Waals surface area contributed by atoms with Gasteiger partial charge in [-0.1, -0.05) is 18.2 Å². The molecule has 0 radical (unpaired) electrons. The zero-order valence-corrected chi connectivity index (χ0v) is 12.7. The number of hydrogen-bond donors (Lipinski definition) is 2. The predicted molar refractivity (Wildman–Crippen MR) is 86.1 cm³/mol. The molecule has 0 saturated carbocycles. The molecule has 1 aromatic carbocycles. The van der Waals surface area contributed by atoms with Crippen LogP contribution in [0.2, 0.25) is 0 Å². The standard InChI is InChI=1S/C14H10BrN3OS/c15-8-6-10-11(16)12(20-14(10)17-7-8)13(19)18-9-4-2-1-3-5-9/h1-7H,16H2,(H,18,19). The lowest BCUT2D eigenvalue weighted by molar-refractivity contribution is 0.103. The number of rotatable bonds is 2. The smallest absolute Gasteiger partial charge is 0.267 e. The number of nitrogen functional groups attached to an aromatic ring is 1. The first-order chi connectivity index (χ1) is 9.65. The van der Waals surface area contributed by atoms with E-state index in [0.717, 1.165) is 20.4 Å². The number of amides is 1. The first-order valence-electron chi connectivity index (χ1n) is 5.85. The molecular formula is C14H10BrN3OS. The van der Waals surface area contributed by atoms with Crippen molar-refractivity contribution in [3.05, 3.63) is 51.9 Å². The van der Waals surface area contributed by atoms with Gasteiger partial charge in [0.05, 0.1) is 5.69 Å². The molecule has 0 atom stereocenters. The van der Waals surface area contributed by atoms with E-state index in [-0.39, 0.29) is 5.91 Å². The van der Waals surface area contributed by atoms with E-state index in [2.05, 4.69) is 26.2 Å². The van der Waals surface area contributed by atoms with Gasteiger partial charge in [-0.15, -0.1) is 11.3 Å². The molecular weight excluding hydrogens is 338 g/mol. The number of benzene rings is 1. The number of aromatic nitrogens is 1. The number of anilines is 2. The molecule has 6 heteroatoms. The van der Waals surface area contributed by atoms with Gasteiger partial charge in [-0.3, -0.25) is 4.79 Å². The monoisotopic (exact) mass is 347 g/mol. The van der Waals surface area contributed by atoms with E-state index < -0.39 is 0 Å². The number of fused-ring (bicyclic) bond motifs is 1. The zero-order chi connectivity index (χ0) is 14.1. The van der Waals surface area contributed by atoms with Crippen molar-refractivity contribution in [3.8, 4) is 0 Å². The van der Waals surface area contributed by atoms with Crippen LogP contribution in [0.5, 0.6) is 0 Å². The van der Waals surface area contributed by atoms with Crippen molar-refractivity contribution in [2.24, 2.45) is 0 Å². The van der Waals surface area contributed by atoms with Crippen LogP contribution >= 0.6 is 27.3 Å². The summed E-state index contributed by atoms with van der Waals surface area (Å²) in [5.74, 6) is -0.215. The number of nitrogens with two attached hydrogens (primary N) is 1. The van der Waals surface area contributed by atoms with Crippen molar-refractivity contribution in [3.63, 3.8) is 0 Å². The molecule has 0 aliphatic heterocycles. The molecule has 0 fully saturated rings. The van der Waals surface area contributed by atoms with Gasteiger partial charge in [-0.25, -0.2) is 4.98 Å². The Morgan fingerprint density at radius 2 is 2.05 bits per heavy atom. The third-order valence-corrected chi connectivity index (χ3v) is 4.35.